The summed E-state index contributed by atoms with van der Waals surface area (Å²) in [6.45, 7) is 1.74. The van der Waals surface area contributed by atoms with E-state index in [1.807, 2.05) is 0 Å². The molecule has 3 N–H and O–H groups in total. The van der Waals surface area contributed by atoms with Gasteiger partial charge in [0.05, 0.1) is 6.20 Å². The average Bonchev–Trinajstić information content (AvgIpc) is 2.88. The summed E-state index contributed by atoms with van der Waals surface area (Å²) in [6, 6.07) is -0.601. The van der Waals surface area contributed by atoms with Crippen molar-refractivity contribution in [2.75, 3.05) is 11.5 Å². The number of aryl methyl sites for hydroxylation is 1. The highest BCUT2D eigenvalue weighted by Gasteiger charge is 2.51. The second-order valence-electron chi connectivity index (χ2n) is 4.68. The smallest absolute Gasteiger partial charge is 0.352 e. The number of hydrogen-bond acceptors (Lipinski definition) is 7. The van der Waals surface area contributed by atoms with Crippen LogP contribution in [0, 0.1) is 6.92 Å². The van der Waals surface area contributed by atoms with E-state index < -0.39 is 12.0 Å². The number of thioether (sulfide) groups is 2. The van der Waals surface area contributed by atoms with Crippen LogP contribution < -0.4 is 5.73 Å². The molecule has 1 fully saturated rings. The number of carbonyl (C=O) groups excluding carboxylic acids is 1. The van der Waals surface area contributed by atoms with Crippen LogP contribution in [-0.4, -0.2) is 49.8 Å². The van der Waals surface area contributed by atoms with Crippen molar-refractivity contribution in [2.45, 2.75) is 23.4 Å². The van der Waals surface area contributed by atoms with Gasteiger partial charge in [0.25, 0.3) is 0 Å². The molecule has 9 heteroatoms. The molecule has 1 aromatic rings. The van der Waals surface area contributed by atoms with Gasteiger partial charge in [-0.1, -0.05) is 11.8 Å². The standard InChI is InChI=1S/C12H13N3O4S2/c1-5-14-2-7(19-5)20-3-6-4-21-11-8(13)10(16)15(11)9(6)12(17)18/h2,8,11H,3-4,13H2,1H3,(H,17,18)/t8?,11-/m0/s1. The first kappa shape index (κ1) is 14.5. The summed E-state index contributed by atoms with van der Waals surface area (Å²) in [4.78, 5) is 28.5. The summed E-state index contributed by atoms with van der Waals surface area (Å²) in [6.07, 6.45) is 1.60. The van der Waals surface area contributed by atoms with Crippen molar-refractivity contribution >= 4 is 35.4 Å². The normalized spacial score (nSPS) is 24.9. The van der Waals surface area contributed by atoms with Gasteiger partial charge in [0.15, 0.2) is 11.0 Å². The molecule has 2 aliphatic heterocycles. The lowest BCUT2D eigenvalue weighted by Gasteiger charge is -2.48. The third-order valence-corrected chi connectivity index (χ3v) is 5.61. The highest BCUT2D eigenvalue weighted by molar-refractivity contribution is 8.01. The van der Waals surface area contributed by atoms with E-state index in [1.165, 1.54) is 28.4 Å². The van der Waals surface area contributed by atoms with Gasteiger partial charge in [0.2, 0.25) is 5.91 Å². The van der Waals surface area contributed by atoms with Crippen molar-refractivity contribution in [3.63, 3.8) is 0 Å². The Labute approximate surface area is 128 Å². The number of oxazole rings is 1. The number of β-lactam (4-membered cyclic amide) rings is 1. The molecule has 0 saturated carbocycles. The molecule has 1 saturated heterocycles. The molecule has 21 heavy (non-hydrogen) atoms. The molecule has 3 rings (SSSR count). The zero-order valence-corrected chi connectivity index (χ0v) is 12.7. The third-order valence-electron chi connectivity index (χ3n) is 3.28. The van der Waals surface area contributed by atoms with Crippen LogP contribution in [0.5, 0.6) is 0 Å². The van der Waals surface area contributed by atoms with Crippen molar-refractivity contribution in [3.8, 4) is 0 Å². The average molecular weight is 327 g/mol. The predicted octanol–water partition coefficient (Wildman–Crippen LogP) is 0.656. The third kappa shape index (κ3) is 2.45. The molecular formula is C12H13N3O4S2. The van der Waals surface area contributed by atoms with E-state index in [0.717, 1.165) is 0 Å². The maximum absolute atomic E-state index is 11.8. The Kier molecular flexibility index (Phi) is 3.72. The Balaban J connectivity index is 1.81. The molecule has 0 bridgehead atoms. The quantitative estimate of drug-likeness (QED) is 0.613. The highest BCUT2D eigenvalue weighted by Crippen LogP contribution is 2.40. The van der Waals surface area contributed by atoms with Crippen LogP contribution in [0.1, 0.15) is 5.89 Å². The molecule has 0 aliphatic carbocycles. The first-order valence-electron chi connectivity index (χ1n) is 6.20. The van der Waals surface area contributed by atoms with Gasteiger partial charge in [-0.2, -0.15) is 0 Å². The second-order valence-corrected chi connectivity index (χ2v) is 6.76. The number of carboxylic acid groups (broad SMARTS) is 1. The van der Waals surface area contributed by atoms with Crippen LogP contribution in [0.2, 0.25) is 0 Å². The number of fused-ring (bicyclic) bond motifs is 1. The number of aliphatic carboxylic acids is 1. The molecule has 0 spiro atoms. The molecule has 1 aromatic heterocycles. The number of rotatable bonds is 4. The first-order chi connectivity index (χ1) is 9.99. The fraction of sp³-hybridized carbons (Fsp3) is 0.417. The van der Waals surface area contributed by atoms with Crippen LogP contribution in [-0.2, 0) is 9.59 Å². The topological polar surface area (TPSA) is 110 Å². The van der Waals surface area contributed by atoms with Gasteiger partial charge in [-0.25, -0.2) is 9.78 Å². The van der Waals surface area contributed by atoms with E-state index in [9.17, 15) is 14.7 Å². The van der Waals surface area contributed by atoms with E-state index >= 15 is 0 Å². The van der Waals surface area contributed by atoms with Crippen LogP contribution >= 0.6 is 23.5 Å². The van der Waals surface area contributed by atoms with E-state index in [2.05, 4.69) is 4.98 Å². The van der Waals surface area contributed by atoms with Gasteiger partial charge < -0.3 is 15.3 Å². The predicted molar refractivity (Wildman–Crippen MR) is 77.7 cm³/mol. The summed E-state index contributed by atoms with van der Waals surface area (Å²) in [5.74, 6) is 0.123. The van der Waals surface area contributed by atoms with Gasteiger partial charge in [0.1, 0.15) is 17.1 Å². The monoisotopic (exact) mass is 327 g/mol. The first-order valence-corrected chi connectivity index (χ1v) is 8.23. The Morgan fingerprint density at radius 3 is 3.10 bits per heavy atom. The summed E-state index contributed by atoms with van der Waals surface area (Å²) < 4.78 is 5.34. The van der Waals surface area contributed by atoms with Gasteiger partial charge in [-0.3, -0.25) is 9.69 Å². The molecule has 2 aliphatic rings. The minimum absolute atomic E-state index is 0.0641. The number of carbonyl (C=O) groups is 2. The van der Waals surface area contributed by atoms with E-state index in [4.69, 9.17) is 10.2 Å². The van der Waals surface area contributed by atoms with Crippen molar-refractivity contribution in [1.29, 1.82) is 0 Å². The number of aromatic nitrogens is 1. The number of hydrogen-bond donors (Lipinski definition) is 2. The minimum atomic E-state index is -1.09. The van der Waals surface area contributed by atoms with Gasteiger partial charge in [0, 0.05) is 18.4 Å². The van der Waals surface area contributed by atoms with E-state index in [0.29, 0.717) is 28.1 Å². The number of carboxylic acids is 1. The molecule has 0 radical (unpaired) electrons. The Morgan fingerprint density at radius 1 is 1.71 bits per heavy atom. The van der Waals surface area contributed by atoms with Gasteiger partial charge in [-0.05, 0) is 5.57 Å². The second kappa shape index (κ2) is 5.39. The van der Waals surface area contributed by atoms with Crippen LogP contribution in [0.25, 0.3) is 0 Å². The Hall–Kier alpha value is -1.45. The fourth-order valence-electron chi connectivity index (χ4n) is 2.26. The zero-order valence-electron chi connectivity index (χ0n) is 11.1. The molecule has 1 amide bonds. The van der Waals surface area contributed by atoms with Crippen molar-refractivity contribution in [3.05, 3.63) is 23.4 Å². The molecular weight excluding hydrogens is 314 g/mol. The van der Waals surface area contributed by atoms with Gasteiger partial charge in [-0.15, -0.1) is 11.8 Å². The van der Waals surface area contributed by atoms with E-state index in [-0.39, 0.29) is 17.0 Å². The van der Waals surface area contributed by atoms with Crippen molar-refractivity contribution in [2.24, 2.45) is 5.73 Å². The molecule has 1 unspecified atom stereocenters. The summed E-state index contributed by atoms with van der Waals surface area (Å²) in [7, 11) is 0. The largest absolute Gasteiger partial charge is 0.477 e. The zero-order chi connectivity index (χ0) is 15.1. The van der Waals surface area contributed by atoms with Crippen LogP contribution in [0.4, 0.5) is 0 Å². The Bertz CT molecular complexity index is 642. The number of amides is 1. The Morgan fingerprint density at radius 2 is 2.48 bits per heavy atom. The minimum Gasteiger partial charge on any atom is -0.477 e. The molecule has 0 aromatic carbocycles. The molecule has 3 heterocycles. The lowest BCUT2D eigenvalue weighted by molar-refractivity contribution is -0.147. The SMILES string of the molecule is Cc1ncc(SCC2=C(C(=O)O)N3C(=O)C(N)[C@@H]3SC2)o1. The number of nitrogens with zero attached hydrogens (tertiary/aromatic N) is 2. The number of nitrogens with two attached hydrogens (primary N) is 1. The highest BCUT2D eigenvalue weighted by atomic mass is 32.2. The van der Waals surface area contributed by atoms with Crippen LogP contribution in [0.3, 0.4) is 0 Å². The summed E-state index contributed by atoms with van der Waals surface area (Å²) in [5, 5.41) is 9.76. The van der Waals surface area contributed by atoms with Crippen molar-refractivity contribution in [1.82, 2.24) is 9.88 Å². The van der Waals surface area contributed by atoms with Crippen molar-refractivity contribution < 1.29 is 19.1 Å². The van der Waals surface area contributed by atoms with Crippen LogP contribution in [0.15, 0.2) is 27.0 Å². The molecule has 7 nitrogen and oxygen atoms in total. The van der Waals surface area contributed by atoms with E-state index in [1.54, 1.807) is 13.1 Å². The fourth-order valence-corrected chi connectivity index (χ4v) is 4.54. The van der Waals surface area contributed by atoms with Gasteiger partial charge >= 0.3 is 5.97 Å². The molecule has 112 valence electrons. The lowest BCUT2D eigenvalue weighted by atomic mass is 10.0. The summed E-state index contributed by atoms with van der Waals surface area (Å²) in [5.41, 5.74) is 6.46. The maximum Gasteiger partial charge on any atom is 0.352 e. The molecule has 2 atom stereocenters. The summed E-state index contributed by atoms with van der Waals surface area (Å²) >= 11 is 2.86. The lowest BCUT2D eigenvalue weighted by Crippen LogP contribution is -2.68. The maximum atomic E-state index is 11.8.